The van der Waals surface area contributed by atoms with Crippen LogP contribution in [0.4, 0.5) is 5.82 Å². The zero-order valence-corrected chi connectivity index (χ0v) is 13.4. The van der Waals surface area contributed by atoms with Crippen LogP contribution in [0.5, 0.6) is 0 Å². The second kappa shape index (κ2) is 6.72. The van der Waals surface area contributed by atoms with Gasteiger partial charge in [0, 0.05) is 25.0 Å². The molecule has 122 valence electrons. The molecule has 0 atom stereocenters. The predicted octanol–water partition coefficient (Wildman–Crippen LogP) is 0.798. The fraction of sp³-hybridized carbons (Fsp3) is 0.533. The molecule has 23 heavy (non-hydrogen) atoms. The van der Waals surface area contributed by atoms with E-state index < -0.39 is 0 Å². The molecule has 1 aliphatic rings. The van der Waals surface area contributed by atoms with Gasteiger partial charge in [0.2, 0.25) is 5.91 Å². The first-order valence-corrected chi connectivity index (χ1v) is 7.87. The highest BCUT2D eigenvalue weighted by molar-refractivity contribution is 5.79. The monoisotopic (exact) mass is 315 g/mol. The minimum Gasteiger partial charge on any atom is -0.355 e. The van der Waals surface area contributed by atoms with Gasteiger partial charge in [-0.15, -0.1) is 10.2 Å². The van der Waals surface area contributed by atoms with Gasteiger partial charge in [0.1, 0.15) is 12.7 Å². The van der Waals surface area contributed by atoms with E-state index in [0.717, 1.165) is 31.7 Å². The standard InChI is InChI=1S/C15H21N7O/c1-11(2)18-15(23)12-5-7-21(8-6-12)13-3-4-14(20-19-13)22-10-16-9-17-22/h3-4,9-12H,5-8H2,1-2H3,(H,18,23). The van der Waals surface area contributed by atoms with E-state index in [4.69, 9.17) is 0 Å². The van der Waals surface area contributed by atoms with E-state index in [1.54, 1.807) is 11.0 Å². The van der Waals surface area contributed by atoms with E-state index in [1.807, 2.05) is 26.0 Å². The summed E-state index contributed by atoms with van der Waals surface area (Å²) in [7, 11) is 0. The van der Waals surface area contributed by atoms with Crippen LogP contribution >= 0.6 is 0 Å². The fourth-order valence-corrected chi connectivity index (χ4v) is 2.71. The summed E-state index contributed by atoms with van der Waals surface area (Å²) in [5, 5.41) is 15.5. The summed E-state index contributed by atoms with van der Waals surface area (Å²) >= 11 is 0. The molecule has 2 aromatic rings. The number of carbonyl (C=O) groups is 1. The Labute approximate surface area is 134 Å². The van der Waals surface area contributed by atoms with Crippen LogP contribution in [0.1, 0.15) is 26.7 Å². The van der Waals surface area contributed by atoms with E-state index in [9.17, 15) is 4.79 Å². The average Bonchev–Trinajstić information content (AvgIpc) is 3.09. The van der Waals surface area contributed by atoms with Crippen molar-refractivity contribution in [3.63, 3.8) is 0 Å². The minimum atomic E-state index is 0.0935. The molecule has 3 heterocycles. The van der Waals surface area contributed by atoms with Gasteiger partial charge in [0.05, 0.1) is 0 Å². The summed E-state index contributed by atoms with van der Waals surface area (Å²) in [5.41, 5.74) is 0. The fourth-order valence-electron chi connectivity index (χ4n) is 2.71. The van der Waals surface area contributed by atoms with Crippen molar-refractivity contribution in [3.05, 3.63) is 24.8 Å². The van der Waals surface area contributed by atoms with Crippen LogP contribution in [0.25, 0.3) is 5.82 Å². The third-order valence-corrected chi connectivity index (χ3v) is 3.91. The zero-order valence-electron chi connectivity index (χ0n) is 13.4. The molecule has 1 saturated heterocycles. The quantitative estimate of drug-likeness (QED) is 0.897. The molecular formula is C15H21N7O. The molecule has 0 aromatic carbocycles. The summed E-state index contributed by atoms with van der Waals surface area (Å²) < 4.78 is 1.57. The lowest BCUT2D eigenvalue weighted by atomic mass is 9.95. The molecule has 0 aliphatic carbocycles. The van der Waals surface area contributed by atoms with Crippen molar-refractivity contribution < 1.29 is 4.79 Å². The molecule has 1 aliphatic heterocycles. The van der Waals surface area contributed by atoms with Gasteiger partial charge < -0.3 is 10.2 Å². The van der Waals surface area contributed by atoms with E-state index >= 15 is 0 Å². The molecular weight excluding hydrogens is 294 g/mol. The second-order valence-electron chi connectivity index (χ2n) is 6.01. The molecule has 1 N–H and O–H groups in total. The number of rotatable bonds is 4. The summed E-state index contributed by atoms with van der Waals surface area (Å²) in [5.74, 6) is 1.72. The first-order chi connectivity index (χ1) is 11.1. The third kappa shape index (κ3) is 3.64. The van der Waals surface area contributed by atoms with Crippen LogP contribution in [0, 0.1) is 5.92 Å². The Kier molecular flexibility index (Phi) is 4.50. The number of nitrogens with zero attached hydrogens (tertiary/aromatic N) is 6. The molecule has 1 fully saturated rings. The maximum Gasteiger partial charge on any atom is 0.223 e. The van der Waals surface area contributed by atoms with Crippen molar-refractivity contribution in [2.75, 3.05) is 18.0 Å². The van der Waals surface area contributed by atoms with E-state index in [2.05, 4.69) is 30.5 Å². The molecule has 8 nitrogen and oxygen atoms in total. The van der Waals surface area contributed by atoms with E-state index in [1.165, 1.54) is 6.33 Å². The molecule has 3 rings (SSSR count). The smallest absolute Gasteiger partial charge is 0.223 e. The van der Waals surface area contributed by atoms with Crippen LogP contribution in [0.15, 0.2) is 24.8 Å². The molecule has 0 saturated carbocycles. The van der Waals surface area contributed by atoms with Crippen molar-refractivity contribution in [1.82, 2.24) is 30.3 Å². The number of anilines is 1. The Balaban J connectivity index is 1.58. The highest BCUT2D eigenvalue weighted by Crippen LogP contribution is 2.22. The van der Waals surface area contributed by atoms with Crippen molar-refractivity contribution in [1.29, 1.82) is 0 Å². The van der Waals surface area contributed by atoms with Crippen LogP contribution in [-0.4, -0.2) is 50.0 Å². The second-order valence-corrected chi connectivity index (χ2v) is 6.01. The lowest BCUT2D eigenvalue weighted by Crippen LogP contribution is -2.42. The Hall–Kier alpha value is -2.51. The lowest BCUT2D eigenvalue weighted by molar-refractivity contribution is -0.126. The number of nitrogens with one attached hydrogen (secondary N) is 1. The number of hydrogen-bond acceptors (Lipinski definition) is 6. The normalized spacial score (nSPS) is 15.9. The van der Waals surface area contributed by atoms with Gasteiger partial charge in [0.15, 0.2) is 11.6 Å². The number of aromatic nitrogens is 5. The average molecular weight is 315 g/mol. The largest absolute Gasteiger partial charge is 0.355 e. The number of piperidine rings is 1. The summed E-state index contributed by atoms with van der Waals surface area (Å²) in [6.45, 7) is 5.60. The van der Waals surface area contributed by atoms with Gasteiger partial charge >= 0.3 is 0 Å². The lowest BCUT2D eigenvalue weighted by Gasteiger charge is -2.32. The molecule has 1 amide bonds. The van der Waals surface area contributed by atoms with Gasteiger partial charge in [-0.3, -0.25) is 4.79 Å². The summed E-state index contributed by atoms with van der Waals surface area (Å²) in [6, 6.07) is 3.99. The number of hydrogen-bond donors (Lipinski definition) is 1. The topological polar surface area (TPSA) is 88.8 Å². The van der Waals surface area contributed by atoms with Crippen LogP contribution in [-0.2, 0) is 4.79 Å². The minimum absolute atomic E-state index is 0.0935. The van der Waals surface area contributed by atoms with Crippen molar-refractivity contribution in [2.24, 2.45) is 5.92 Å². The maximum atomic E-state index is 12.1. The van der Waals surface area contributed by atoms with Gasteiger partial charge in [-0.25, -0.2) is 9.67 Å². The summed E-state index contributed by atoms with van der Waals surface area (Å²) in [4.78, 5) is 18.1. The molecule has 0 radical (unpaired) electrons. The highest BCUT2D eigenvalue weighted by atomic mass is 16.1. The van der Waals surface area contributed by atoms with Gasteiger partial charge in [-0.1, -0.05) is 0 Å². The Morgan fingerprint density at radius 2 is 1.91 bits per heavy atom. The highest BCUT2D eigenvalue weighted by Gasteiger charge is 2.26. The summed E-state index contributed by atoms with van der Waals surface area (Å²) in [6.07, 6.45) is 4.72. The van der Waals surface area contributed by atoms with Crippen molar-refractivity contribution in [3.8, 4) is 5.82 Å². The van der Waals surface area contributed by atoms with E-state index in [0.29, 0.717) is 5.82 Å². The van der Waals surface area contributed by atoms with Gasteiger partial charge in [-0.2, -0.15) is 5.10 Å². The molecule has 0 bridgehead atoms. The van der Waals surface area contributed by atoms with Crippen molar-refractivity contribution >= 4 is 11.7 Å². The van der Waals surface area contributed by atoms with Crippen molar-refractivity contribution in [2.45, 2.75) is 32.7 Å². The van der Waals surface area contributed by atoms with Gasteiger partial charge in [0.25, 0.3) is 0 Å². The molecule has 0 unspecified atom stereocenters. The zero-order chi connectivity index (χ0) is 16.2. The first kappa shape index (κ1) is 15.4. The SMILES string of the molecule is CC(C)NC(=O)C1CCN(c2ccc(-n3cncn3)nn2)CC1. The molecule has 2 aromatic heterocycles. The Bertz CT molecular complexity index is 630. The van der Waals surface area contributed by atoms with Crippen LogP contribution in [0.3, 0.4) is 0 Å². The maximum absolute atomic E-state index is 12.1. The van der Waals surface area contributed by atoms with Gasteiger partial charge in [-0.05, 0) is 38.8 Å². The Morgan fingerprint density at radius 3 is 2.48 bits per heavy atom. The van der Waals surface area contributed by atoms with E-state index in [-0.39, 0.29) is 17.9 Å². The first-order valence-electron chi connectivity index (χ1n) is 7.87. The number of amides is 1. The predicted molar refractivity (Wildman–Crippen MR) is 85.2 cm³/mol. The van der Waals surface area contributed by atoms with Crippen LogP contribution < -0.4 is 10.2 Å². The van der Waals surface area contributed by atoms with Crippen LogP contribution in [0.2, 0.25) is 0 Å². The Morgan fingerprint density at radius 1 is 1.22 bits per heavy atom. The number of carbonyl (C=O) groups excluding carboxylic acids is 1. The third-order valence-electron chi connectivity index (χ3n) is 3.91. The molecule has 0 spiro atoms. The molecule has 8 heteroatoms.